The standard InChI is InChI=1S/C26H24FN5O2/c1-34-19-8-6-7-18(17-19)28-26(33)24-20-9-2-3-10-21(20)25(30-29-24)32-15-13-31(14-16-32)23-12-5-4-11-22(23)27/h2-12,17H,13-16H2,1H3,(H,28,33). The monoisotopic (exact) mass is 457 g/mol. The van der Waals surface area contributed by atoms with Gasteiger partial charge in [-0.1, -0.05) is 42.5 Å². The lowest BCUT2D eigenvalue weighted by Gasteiger charge is -2.37. The molecule has 4 aromatic rings. The molecule has 34 heavy (non-hydrogen) atoms. The number of fused-ring (bicyclic) bond motifs is 1. The maximum atomic E-state index is 14.2. The van der Waals surface area contributed by atoms with Gasteiger partial charge in [-0.25, -0.2) is 4.39 Å². The van der Waals surface area contributed by atoms with Gasteiger partial charge >= 0.3 is 0 Å². The van der Waals surface area contributed by atoms with Crippen molar-refractivity contribution in [3.8, 4) is 5.75 Å². The predicted octanol–water partition coefficient (Wildman–Crippen LogP) is 4.36. The summed E-state index contributed by atoms with van der Waals surface area (Å²) >= 11 is 0. The molecule has 3 aromatic carbocycles. The fourth-order valence-electron chi connectivity index (χ4n) is 4.25. The Morgan fingerprint density at radius 2 is 1.59 bits per heavy atom. The van der Waals surface area contributed by atoms with Crippen LogP contribution in [0.4, 0.5) is 21.6 Å². The third-order valence-electron chi connectivity index (χ3n) is 5.98. The summed E-state index contributed by atoms with van der Waals surface area (Å²) < 4.78 is 19.4. The Bertz CT molecular complexity index is 1340. The van der Waals surface area contributed by atoms with Crippen LogP contribution in [-0.2, 0) is 0 Å². The number of piperazine rings is 1. The van der Waals surface area contributed by atoms with E-state index in [4.69, 9.17) is 4.74 Å². The number of ether oxygens (including phenoxy) is 1. The Kier molecular flexibility index (Phi) is 5.95. The van der Waals surface area contributed by atoms with Gasteiger partial charge in [-0.2, -0.15) is 0 Å². The molecule has 1 aliphatic rings. The first-order valence-electron chi connectivity index (χ1n) is 11.1. The molecule has 172 valence electrons. The summed E-state index contributed by atoms with van der Waals surface area (Å²) in [6, 6.07) is 21.6. The Labute approximate surface area is 196 Å². The maximum Gasteiger partial charge on any atom is 0.276 e. The van der Waals surface area contributed by atoms with Crippen LogP contribution in [0.25, 0.3) is 10.8 Å². The van der Waals surface area contributed by atoms with Crippen LogP contribution in [0.3, 0.4) is 0 Å². The van der Waals surface area contributed by atoms with Crippen molar-refractivity contribution >= 4 is 33.9 Å². The van der Waals surface area contributed by atoms with E-state index in [1.54, 1.807) is 31.4 Å². The van der Waals surface area contributed by atoms with E-state index in [2.05, 4.69) is 20.4 Å². The fourth-order valence-corrected chi connectivity index (χ4v) is 4.25. The maximum absolute atomic E-state index is 14.2. The number of halogens is 1. The first-order valence-corrected chi connectivity index (χ1v) is 11.1. The number of hydrogen-bond donors (Lipinski definition) is 1. The molecule has 1 aromatic heterocycles. The van der Waals surface area contributed by atoms with E-state index >= 15 is 0 Å². The van der Waals surface area contributed by atoms with E-state index < -0.39 is 0 Å². The number of nitrogens with one attached hydrogen (secondary N) is 1. The fraction of sp³-hybridized carbons (Fsp3) is 0.192. The number of anilines is 3. The summed E-state index contributed by atoms with van der Waals surface area (Å²) in [7, 11) is 1.58. The molecule has 1 aliphatic heterocycles. The van der Waals surface area contributed by atoms with Crippen LogP contribution < -0.4 is 19.9 Å². The molecule has 2 heterocycles. The molecule has 1 amide bonds. The third-order valence-corrected chi connectivity index (χ3v) is 5.98. The molecule has 1 N–H and O–H groups in total. The third kappa shape index (κ3) is 4.22. The normalized spacial score (nSPS) is 13.7. The first kappa shape index (κ1) is 21.6. The summed E-state index contributed by atoms with van der Waals surface area (Å²) in [6.45, 7) is 2.66. The molecule has 5 rings (SSSR count). The van der Waals surface area contributed by atoms with Gasteiger partial charge in [-0.05, 0) is 24.3 Å². The number of carbonyl (C=O) groups is 1. The van der Waals surface area contributed by atoms with Crippen molar-refractivity contribution in [1.29, 1.82) is 0 Å². The molecule has 0 radical (unpaired) electrons. The van der Waals surface area contributed by atoms with Gasteiger partial charge in [-0.3, -0.25) is 4.79 Å². The van der Waals surface area contributed by atoms with Crippen molar-refractivity contribution in [3.05, 3.63) is 84.3 Å². The number of amides is 1. The summed E-state index contributed by atoms with van der Waals surface area (Å²) in [5, 5.41) is 13.2. The van der Waals surface area contributed by atoms with E-state index in [0.29, 0.717) is 43.3 Å². The number of benzene rings is 3. The zero-order valence-electron chi connectivity index (χ0n) is 18.7. The molecule has 0 aliphatic carbocycles. The van der Waals surface area contributed by atoms with Gasteiger partial charge in [0.2, 0.25) is 0 Å². The minimum atomic E-state index is -0.340. The smallest absolute Gasteiger partial charge is 0.276 e. The number of rotatable bonds is 5. The number of para-hydroxylation sites is 1. The topological polar surface area (TPSA) is 70.6 Å². The highest BCUT2D eigenvalue weighted by atomic mass is 19.1. The van der Waals surface area contributed by atoms with Crippen molar-refractivity contribution in [2.45, 2.75) is 0 Å². The molecule has 0 saturated carbocycles. The zero-order valence-corrected chi connectivity index (χ0v) is 18.7. The second-order valence-electron chi connectivity index (χ2n) is 8.03. The lowest BCUT2D eigenvalue weighted by atomic mass is 10.1. The van der Waals surface area contributed by atoms with Gasteiger partial charge in [0.1, 0.15) is 11.6 Å². The SMILES string of the molecule is COc1cccc(NC(=O)c2nnc(N3CCN(c4ccccc4F)CC3)c3ccccc23)c1. The Hall–Kier alpha value is -4.20. The van der Waals surface area contributed by atoms with Crippen LogP contribution in [0.15, 0.2) is 72.8 Å². The lowest BCUT2D eigenvalue weighted by molar-refractivity contribution is 0.102. The highest BCUT2D eigenvalue weighted by Crippen LogP contribution is 2.29. The van der Waals surface area contributed by atoms with E-state index in [1.807, 2.05) is 47.4 Å². The molecule has 1 fully saturated rings. The van der Waals surface area contributed by atoms with Gasteiger partial charge in [0.15, 0.2) is 11.5 Å². The number of aromatic nitrogens is 2. The van der Waals surface area contributed by atoms with Gasteiger partial charge in [-0.15, -0.1) is 10.2 Å². The zero-order chi connectivity index (χ0) is 23.5. The minimum Gasteiger partial charge on any atom is -0.497 e. The van der Waals surface area contributed by atoms with Gasteiger partial charge < -0.3 is 19.9 Å². The molecule has 0 atom stereocenters. The van der Waals surface area contributed by atoms with Crippen LogP contribution in [-0.4, -0.2) is 49.4 Å². The van der Waals surface area contributed by atoms with Crippen molar-refractivity contribution in [1.82, 2.24) is 10.2 Å². The summed E-state index contributed by atoms with van der Waals surface area (Å²) in [5.41, 5.74) is 1.48. The van der Waals surface area contributed by atoms with Gasteiger partial charge in [0, 0.05) is 48.7 Å². The average Bonchev–Trinajstić information content (AvgIpc) is 2.88. The predicted molar refractivity (Wildman–Crippen MR) is 131 cm³/mol. The lowest BCUT2D eigenvalue weighted by Crippen LogP contribution is -2.47. The van der Waals surface area contributed by atoms with E-state index in [9.17, 15) is 9.18 Å². The Morgan fingerprint density at radius 1 is 0.882 bits per heavy atom. The van der Waals surface area contributed by atoms with Gasteiger partial charge in [0.05, 0.1) is 12.8 Å². The highest BCUT2D eigenvalue weighted by Gasteiger charge is 2.24. The summed E-state index contributed by atoms with van der Waals surface area (Å²) in [6.07, 6.45) is 0. The summed E-state index contributed by atoms with van der Waals surface area (Å²) in [4.78, 5) is 17.2. The number of nitrogens with zero attached hydrogens (tertiary/aromatic N) is 4. The Morgan fingerprint density at radius 3 is 2.35 bits per heavy atom. The van der Waals surface area contributed by atoms with Gasteiger partial charge in [0.25, 0.3) is 5.91 Å². The van der Waals surface area contributed by atoms with Crippen molar-refractivity contribution in [2.24, 2.45) is 0 Å². The number of hydrogen-bond acceptors (Lipinski definition) is 6. The first-order chi connectivity index (χ1) is 16.6. The van der Waals surface area contributed by atoms with Crippen LogP contribution in [0.2, 0.25) is 0 Å². The number of methoxy groups -OCH3 is 1. The molecule has 8 heteroatoms. The second kappa shape index (κ2) is 9.35. The quantitative estimate of drug-likeness (QED) is 0.480. The molecule has 1 saturated heterocycles. The van der Waals surface area contributed by atoms with Crippen molar-refractivity contribution in [2.75, 3.05) is 48.4 Å². The second-order valence-corrected chi connectivity index (χ2v) is 8.03. The number of carbonyl (C=O) groups excluding carboxylic acids is 1. The minimum absolute atomic E-state index is 0.215. The van der Waals surface area contributed by atoms with E-state index in [-0.39, 0.29) is 17.4 Å². The molecular weight excluding hydrogens is 433 g/mol. The van der Waals surface area contributed by atoms with E-state index in [0.717, 1.165) is 16.6 Å². The van der Waals surface area contributed by atoms with Crippen LogP contribution in [0.1, 0.15) is 10.5 Å². The van der Waals surface area contributed by atoms with Crippen molar-refractivity contribution < 1.29 is 13.9 Å². The molecule has 0 unspecified atom stereocenters. The van der Waals surface area contributed by atoms with Crippen LogP contribution in [0, 0.1) is 5.82 Å². The summed E-state index contributed by atoms with van der Waals surface area (Å²) in [5.74, 6) is 0.820. The van der Waals surface area contributed by atoms with E-state index in [1.165, 1.54) is 6.07 Å². The van der Waals surface area contributed by atoms with Crippen LogP contribution >= 0.6 is 0 Å². The van der Waals surface area contributed by atoms with Crippen LogP contribution in [0.5, 0.6) is 5.75 Å². The Balaban J connectivity index is 1.39. The molecule has 0 spiro atoms. The molecule has 7 nitrogen and oxygen atoms in total. The molecule has 0 bridgehead atoms. The van der Waals surface area contributed by atoms with Crippen molar-refractivity contribution in [3.63, 3.8) is 0 Å². The molecular formula is C26H24FN5O2. The average molecular weight is 458 g/mol. The highest BCUT2D eigenvalue weighted by molar-refractivity contribution is 6.12. The largest absolute Gasteiger partial charge is 0.497 e.